The number of pyridine rings is 1. The number of fused-ring (bicyclic) bond motifs is 1. The second-order valence-corrected chi connectivity index (χ2v) is 6.08. The molecular formula is C18H16N2O2. The van der Waals surface area contributed by atoms with E-state index >= 15 is 0 Å². The van der Waals surface area contributed by atoms with Crippen molar-refractivity contribution in [3.05, 3.63) is 64.5 Å². The van der Waals surface area contributed by atoms with Crippen LogP contribution >= 0.6 is 0 Å². The molecule has 2 aliphatic rings. The number of hydrogen-bond donors (Lipinski definition) is 0. The molecule has 4 rings (SSSR count). The second kappa shape index (κ2) is 4.77. The molecule has 1 aliphatic carbocycles. The fourth-order valence-corrected chi connectivity index (χ4v) is 2.98. The summed E-state index contributed by atoms with van der Waals surface area (Å²) in [5, 5.41) is 0. The van der Waals surface area contributed by atoms with Crippen LogP contribution in [0.3, 0.4) is 0 Å². The van der Waals surface area contributed by atoms with Gasteiger partial charge >= 0.3 is 0 Å². The van der Waals surface area contributed by atoms with Gasteiger partial charge in [0, 0.05) is 11.6 Å². The molecule has 0 unspecified atom stereocenters. The van der Waals surface area contributed by atoms with Gasteiger partial charge in [0.2, 0.25) is 0 Å². The molecule has 4 heteroatoms. The van der Waals surface area contributed by atoms with E-state index in [1.807, 2.05) is 13.0 Å². The molecule has 2 heterocycles. The molecule has 1 aromatic carbocycles. The van der Waals surface area contributed by atoms with E-state index < -0.39 is 0 Å². The van der Waals surface area contributed by atoms with Gasteiger partial charge in [-0.05, 0) is 49.6 Å². The molecule has 2 aromatic rings. The quantitative estimate of drug-likeness (QED) is 0.817. The highest BCUT2D eigenvalue weighted by molar-refractivity contribution is 6.21. The van der Waals surface area contributed by atoms with E-state index in [-0.39, 0.29) is 18.4 Å². The van der Waals surface area contributed by atoms with Crippen molar-refractivity contribution < 1.29 is 9.59 Å². The fraction of sp³-hybridized carbons (Fsp3) is 0.278. The van der Waals surface area contributed by atoms with Crippen LogP contribution in [-0.4, -0.2) is 21.7 Å². The molecular weight excluding hydrogens is 276 g/mol. The third-order valence-corrected chi connectivity index (χ3v) is 4.24. The Morgan fingerprint density at radius 1 is 1.09 bits per heavy atom. The molecule has 22 heavy (non-hydrogen) atoms. The predicted octanol–water partition coefficient (Wildman–Crippen LogP) is 3.06. The number of rotatable bonds is 3. The maximum atomic E-state index is 12.4. The molecule has 0 saturated heterocycles. The van der Waals surface area contributed by atoms with Gasteiger partial charge in [-0.15, -0.1) is 0 Å². The van der Waals surface area contributed by atoms with Crippen molar-refractivity contribution in [2.24, 2.45) is 0 Å². The third kappa shape index (κ3) is 2.11. The van der Waals surface area contributed by atoms with Crippen LogP contribution in [0.25, 0.3) is 0 Å². The topological polar surface area (TPSA) is 50.3 Å². The highest BCUT2D eigenvalue weighted by atomic mass is 16.2. The number of amides is 2. The summed E-state index contributed by atoms with van der Waals surface area (Å²) in [6.45, 7) is 2.27. The van der Waals surface area contributed by atoms with Crippen LogP contribution in [0.1, 0.15) is 56.4 Å². The lowest BCUT2D eigenvalue weighted by atomic mass is 10.1. The Morgan fingerprint density at radius 2 is 1.73 bits per heavy atom. The highest BCUT2D eigenvalue weighted by Gasteiger charge is 2.35. The maximum absolute atomic E-state index is 12.4. The average Bonchev–Trinajstić information content (AvgIpc) is 3.32. The Morgan fingerprint density at radius 3 is 2.32 bits per heavy atom. The Bertz CT molecular complexity index is 758. The summed E-state index contributed by atoms with van der Waals surface area (Å²) in [4.78, 5) is 30.7. The van der Waals surface area contributed by atoms with Crippen molar-refractivity contribution in [1.82, 2.24) is 9.88 Å². The van der Waals surface area contributed by atoms with Gasteiger partial charge in [0.1, 0.15) is 0 Å². The van der Waals surface area contributed by atoms with E-state index in [1.54, 1.807) is 24.3 Å². The van der Waals surface area contributed by atoms with E-state index in [2.05, 4.69) is 11.1 Å². The van der Waals surface area contributed by atoms with Gasteiger partial charge in [-0.25, -0.2) is 0 Å². The van der Waals surface area contributed by atoms with E-state index in [1.165, 1.54) is 17.7 Å². The molecule has 2 amide bonds. The minimum atomic E-state index is -0.225. The van der Waals surface area contributed by atoms with Crippen molar-refractivity contribution in [2.45, 2.75) is 32.2 Å². The second-order valence-electron chi connectivity index (χ2n) is 6.08. The number of imide groups is 1. The van der Waals surface area contributed by atoms with Crippen molar-refractivity contribution >= 4 is 11.8 Å². The first-order valence-electron chi connectivity index (χ1n) is 7.56. The van der Waals surface area contributed by atoms with E-state index in [0.29, 0.717) is 17.0 Å². The smallest absolute Gasteiger partial charge is 0.261 e. The van der Waals surface area contributed by atoms with Crippen LogP contribution in [0.5, 0.6) is 0 Å². The van der Waals surface area contributed by atoms with Gasteiger partial charge in [-0.2, -0.15) is 0 Å². The molecule has 1 fully saturated rings. The van der Waals surface area contributed by atoms with E-state index in [0.717, 1.165) is 17.0 Å². The average molecular weight is 292 g/mol. The maximum Gasteiger partial charge on any atom is 0.261 e. The van der Waals surface area contributed by atoms with Crippen LogP contribution in [0.15, 0.2) is 36.4 Å². The molecule has 0 spiro atoms. The third-order valence-electron chi connectivity index (χ3n) is 4.24. The summed E-state index contributed by atoms with van der Waals surface area (Å²) < 4.78 is 0. The fourth-order valence-electron chi connectivity index (χ4n) is 2.98. The molecule has 1 saturated carbocycles. The van der Waals surface area contributed by atoms with Crippen LogP contribution in [0.2, 0.25) is 0 Å². The summed E-state index contributed by atoms with van der Waals surface area (Å²) in [6, 6.07) is 11.0. The summed E-state index contributed by atoms with van der Waals surface area (Å²) >= 11 is 0. The summed E-state index contributed by atoms with van der Waals surface area (Å²) in [5.41, 5.74) is 3.98. The van der Waals surface area contributed by atoms with E-state index in [9.17, 15) is 9.59 Å². The molecule has 110 valence electrons. The number of carbonyl (C=O) groups excluding carboxylic acids is 2. The number of nitrogens with zero attached hydrogens (tertiary/aromatic N) is 2. The number of hydrogen-bond acceptors (Lipinski definition) is 3. The lowest BCUT2D eigenvalue weighted by molar-refractivity contribution is 0.0640. The first-order chi connectivity index (χ1) is 10.6. The van der Waals surface area contributed by atoms with Gasteiger partial charge in [-0.3, -0.25) is 19.5 Å². The molecule has 0 radical (unpaired) electrons. The lowest BCUT2D eigenvalue weighted by Crippen LogP contribution is -2.29. The standard InChI is InChI=1S/C18H16N2O2/c1-11-8-13(19-16(9-11)12-6-7-12)10-20-17(21)14-4-2-3-5-15(14)18(20)22/h2-5,8-9,12H,6-7,10H2,1H3. The zero-order valence-corrected chi connectivity index (χ0v) is 12.4. The molecule has 0 bridgehead atoms. The highest BCUT2D eigenvalue weighted by Crippen LogP contribution is 2.39. The van der Waals surface area contributed by atoms with Gasteiger partial charge in [-0.1, -0.05) is 12.1 Å². The first kappa shape index (κ1) is 13.2. The minimum Gasteiger partial charge on any atom is -0.269 e. The predicted molar refractivity (Wildman–Crippen MR) is 81.6 cm³/mol. The number of carbonyl (C=O) groups is 2. The van der Waals surface area contributed by atoms with Gasteiger partial charge < -0.3 is 0 Å². The summed E-state index contributed by atoms with van der Waals surface area (Å²) in [5.74, 6) is 0.106. The Balaban J connectivity index is 1.65. The van der Waals surface area contributed by atoms with Crippen molar-refractivity contribution in [3.63, 3.8) is 0 Å². The number of benzene rings is 1. The normalized spacial score (nSPS) is 17.0. The van der Waals surface area contributed by atoms with E-state index in [4.69, 9.17) is 0 Å². The molecule has 4 nitrogen and oxygen atoms in total. The summed E-state index contributed by atoms with van der Waals surface area (Å²) in [6.07, 6.45) is 2.37. The molecule has 0 N–H and O–H groups in total. The minimum absolute atomic E-state index is 0.225. The van der Waals surface area contributed by atoms with Crippen LogP contribution in [0, 0.1) is 6.92 Å². The van der Waals surface area contributed by atoms with Crippen LogP contribution < -0.4 is 0 Å². The number of aromatic nitrogens is 1. The Labute approximate surface area is 128 Å². The lowest BCUT2D eigenvalue weighted by Gasteiger charge is -2.14. The number of aryl methyl sites for hydroxylation is 1. The molecule has 1 aromatic heterocycles. The van der Waals surface area contributed by atoms with Crippen molar-refractivity contribution in [2.75, 3.05) is 0 Å². The zero-order valence-electron chi connectivity index (χ0n) is 12.4. The molecule has 1 aliphatic heterocycles. The Hall–Kier alpha value is -2.49. The summed E-state index contributed by atoms with van der Waals surface area (Å²) in [7, 11) is 0. The first-order valence-corrected chi connectivity index (χ1v) is 7.56. The van der Waals surface area contributed by atoms with Crippen LogP contribution in [0.4, 0.5) is 0 Å². The van der Waals surface area contributed by atoms with Crippen LogP contribution in [-0.2, 0) is 6.54 Å². The molecule has 0 atom stereocenters. The SMILES string of the molecule is Cc1cc(CN2C(=O)c3ccccc3C2=O)nc(C2CC2)c1. The van der Waals surface area contributed by atoms with Gasteiger partial charge in [0.05, 0.1) is 23.4 Å². The monoisotopic (exact) mass is 292 g/mol. The van der Waals surface area contributed by atoms with Gasteiger partial charge in [0.15, 0.2) is 0 Å². The van der Waals surface area contributed by atoms with Crippen molar-refractivity contribution in [1.29, 1.82) is 0 Å². The van der Waals surface area contributed by atoms with Gasteiger partial charge in [0.25, 0.3) is 11.8 Å². The largest absolute Gasteiger partial charge is 0.269 e. The van der Waals surface area contributed by atoms with Crippen molar-refractivity contribution in [3.8, 4) is 0 Å². The Kier molecular flexibility index (Phi) is 2.86. The zero-order chi connectivity index (χ0) is 15.3.